The molecule has 0 aromatic carbocycles. The third kappa shape index (κ3) is 2.92. The molecule has 3 heteroatoms. The van der Waals surface area contributed by atoms with E-state index in [9.17, 15) is 0 Å². The summed E-state index contributed by atoms with van der Waals surface area (Å²) in [5.74, 6) is 1.71. The van der Waals surface area contributed by atoms with Gasteiger partial charge in [0, 0.05) is 12.5 Å². The first kappa shape index (κ1) is 12.9. The molecule has 1 aliphatic rings. The molecular weight excluding hydrogens is 190 g/mol. The minimum absolute atomic E-state index is 0.0651. The molecule has 3 nitrogen and oxygen atoms in total. The van der Waals surface area contributed by atoms with Crippen molar-refractivity contribution >= 4 is 0 Å². The molecule has 90 valence electrons. The van der Waals surface area contributed by atoms with Crippen LogP contribution in [0, 0.1) is 17.8 Å². The summed E-state index contributed by atoms with van der Waals surface area (Å²) in [6.07, 6.45) is 1.32. The molecule has 1 aliphatic heterocycles. The number of hydrogen-bond acceptors (Lipinski definition) is 3. The molecule has 1 heterocycles. The predicted molar refractivity (Wildman–Crippen MR) is 61.5 cm³/mol. The monoisotopic (exact) mass is 215 g/mol. The Labute approximate surface area is 93.3 Å². The minimum Gasteiger partial charge on any atom is -0.351 e. The van der Waals surface area contributed by atoms with E-state index in [-0.39, 0.29) is 6.29 Å². The van der Waals surface area contributed by atoms with E-state index >= 15 is 0 Å². The first-order chi connectivity index (χ1) is 7.11. The molecule has 0 aromatic heterocycles. The Morgan fingerprint density at radius 2 is 1.80 bits per heavy atom. The van der Waals surface area contributed by atoms with E-state index in [2.05, 4.69) is 27.7 Å². The second-order valence-corrected chi connectivity index (χ2v) is 4.69. The van der Waals surface area contributed by atoms with Gasteiger partial charge in [0.2, 0.25) is 0 Å². The van der Waals surface area contributed by atoms with Crippen molar-refractivity contribution in [2.24, 2.45) is 23.5 Å². The zero-order valence-corrected chi connectivity index (χ0v) is 10.4. The van der Waals surface area contributed by atoms with Crippen LogP contribution < -0.4 is 5.73 Å². The number of ether oxygens (including phenoxy) is 2. The fourth-order valence-corrected chi connectivity index (χ4v) is 2.33. The molecule has 1 rings (SSSR count). The van der Waals surface area contributed by atoms with Gasteiger partial charge in [0.15, 0.2) is 6.29 Å². The summed E-state index contributed by atoms with van der Waals surface area (Å²) < 4.78 is 11.6. The molecule has 1 fully saturated rings. The Hall–Kier alpha value is -0.120. The summed E-state index contributed by atoms with van der Waals surface area (Å²) in [5.41, 5.74) is 5.44. The highest BCUT2D eigenvalue weighted by Crippen LogP contribution is 2.36. The average Bonchev–Trinajstić information content (AvgIpc) is 2.25. The lowest BCUT2D eigenvalue weighted by atomic mass is 9.78. The summed E-state index contributed by atoms with van der Waals surface area (Å²) in [5, 5.41) is 0. The molecule has 0 saturated carbocycles. The smallest absolute Gasteiger partial charge is 0.160 e. The third-order valence-electron chi connectivity index (χ3n) is 3.79. The van der Waals surface area contributed by atoms with Crippen LogP contribution in [0.3, 0.4) is 0 Å². The summed E-state index contributed by atoms with van der Waals surface area (Å²) in [7, 11) is 0. The van der Waals surface area contributed by atoms with Gasteiger partial charge in [0.25, 0.3) is 0 Å². The predicted octanol–water partition coefficient (Wildman–Crippen LogP) is 2.00. The van der Waals surface area contributed by atoms with Crippen molar-refractivity contribution in [3.8, 4) is 0 Å². The van der Waals surface area contributed by atoms with E-state index in [0.717, 1.165) is 6.42 Å². The highest BCUT2D eigenvalue weighted by molar-refractivity contribution is 4.82. The lowest BCUT2D eigenvalue weighted by Gasteiger charge is -2.43. The molecular formula is C12H25NO2. The van der Waals surface area contributed by atoms with Gasteiger partial charge in [-0.2, -0.15) is 0 Å². The zero-order valence-electron chi connectivity index (χ0n) is 10.4. The maximum Gasteiger partial charge on any atom is 0.160 e. The number of hydrogen-bond donors (Lipinski definition) is 1. The van der Waals surface area contributed by atoms with Gasteiger partial charge in [-0.3, -0.25) is 0 Å². The van der Waals surface area contributed by atoms with Crippen LogP contribution in [0.2, 0.25) is 0 Å². The van der Waals surface area contributed by atoms with Crippen LogP contribution in [-0.4, -0.2) is 25.5 Å². The quantitative estimate of drug-likeness (QED) is 0.780. The average molecular weight is 215 g/mol. The number of nitrogens with two attached hydrogens (primary N) is 1. The molecule has 2 N–H and O–H groups in total. The van der Waals surface area contributed by atoms with E-state index in [1.165, 1.54) is 0 Å². The normalized spacial score (nSPS) is 41.8. The van der Waals surface area contributed by atoms with Crippen molar-refractivity contribution in [1.82, 2.24) is 0 Å². The Bertz CT molecular complexity index is 184. The second kappa shape index (κ2) is 5.83. The Morgan fingerprint density at radius 3 is 2.33 bits per heavy atom. The van der Waals surface area contributed by atoms with Crippen molar-refractivity contribution in [3.63, 3.8) is 0 Å². The molecule has 0 spiro atoms. The summed E-state index contributed by atoms with van der Waals surface area (Å²) in [6.45, 7) is 10.1. The van der Waals surface area contributed by atoms with E-state index < -0.39 is 0 Å². The van der Waals surface area contributed by atoms with E-state index in [1.807, 2.05) is 0 Å². The van der Waals surface area contributed by atoms with Crippen molar-refractivity contribution < 1.29 is 9.47 Å². The minimum atomic E-state index is -0.0651. The third-order valence-corrected chi connectivity index (χ3v) is 3.79. The van der Waals surface area contributed by atoms with Gasteiger partial charge in [-0.1, -0.05) is 27.7 Å². The SMILES string of the molecule is CCC1O[C@H](OCCN)C(C)[C@@H](C)[C@@H]1C. The van der Waals surface area contributed by atoms with Crippen molar-refractivity contribution in [2.45, 2.75) is 46.5 Å². The van der Waals surface area contributed by atoms with Crippen molar-refractivity contribution in [2.75, 3.05) is 13.2 Å². The van der Waals surface area contributed by atoms with Crippen LogP contribution >= 0.6 is 0 Å². The fraction of sp³-hybridized carbons (Fsp3) is 1.00. The molecule has 15 heavy (non-hydrogen) atoms. The van der Waals surface area contributed by atoms with Gasteiger partial charge in [0.1, 0.15) is 0 Å². The van der Waals surface area contributed by atoms with Crippen LogP contribution in [0.25, 0.3) is 0 Å². The summed E-state index contributed by atoms with van der Waals surface area (Å²) in [6, 6.07) is 0. The molecule has 0 amide bonds. The van der Waals surface area contributed by atoms with Gasteiger partial charge >= 0.3 is 0 Å². The Balaban J connectivity index is 2.57. The highest BCUT2D eigenvalue weighted by atomic mass is 16.7. The van der Waals surface area contributed by atoms with Gasteiger partial charge in [-0.25, -0.2) is 0 Å². The van der Waals surface area contributed by atoms with Crippen molar-refractivity contribution in [1.29, 1.82) is 0 Å². The lowest BCUT2D eigenvalue weighted by molar-refractivity contribution is -0.247. The Morgan fingerprint density at radius 1 is 1.13 bits per heavy atom. The molecule has 0 aromatic rings. The lowest BCUT2D eigenvalue weighted by Crippen LogP contribution is -2.46. The standard InChI is InChI=1S/C12H25NO2/c1-5-11-9(3)8(2)10(4)12(15-11)14-7-6-13/h8-12H,5-7,13H2,1-4H3/t8-,9-,10?,11?,12-/m0/s1. The van der Waals surface area contributed by atoms with E-state index in [1.54, 1.807) is 0 Å². The summed E-state index contributed by atoms with van der Waals surface area (Å²) in [4.78, 5) is 0. The van der Waals surface area contributed by atoms with E-state index in [4.69, 9.17) is 15.2 Å². The maximum absolute atomic E-state index is 5.95. The molecule has 0 aliphatic carbocycles. The summed E-state index contributed by atoms with van der Waals surface area (Å²) >= 11 is 0. The largest absolute Gasteiger partial charge is 0.351 e. The highest BCUT2D eigenvalue weighted by Gasteiger charge is 2.38. The van der Waals surface area contributed by atoms with Gasteiger partial charge in [-0.05, 0) is 18.3 Å². The van der Waals surface area contributed by atoms with Crippen LogP contribution in [0.4, 0.5) is 0 Å². The molecule has 0 radical (unpaired) electrons. The molecule has 0 bridgehead atoms. The molecule has 5 atom stereocenters. The van der Waals surface area contributed by atoms with Crippen LogP contribution in [0.15, 0.2) is 0 Å². The maximum atomic E-state index is 5.95. The fourth-order valence-electron chi connectivity index (χ4n) is 2.33. The second-order valence-electron chi connectivity index (χ2n) is 4.69. The van der Waals surface area contributed by atoms with Gasteiger partial charge in [0.05, 0.1) is 12.7 Å². The van der Waals surface area contributed by atoms with Crippen molar-refractivity contribution in [3.05, 3.63) is 0 Å². The van der Waals surface area contributed by atoms with E-state index in [0.29, 0.717) is 37.0 Å². The first-order valence-corrected chi connectivity index (χ1v) is 6.08. The van der Waals surface area contributed by atoms with Gasteiger partial charge < -0.3 is 15.2 Å². The molecule has 1 saturated heterocycles. The van der Waals surface area contributed by atoms with Gasteiger partial charge in [-0.15, -0.1) is 0 Å². The zero-order chi connectivity index (χ0) is 11.4. The van der Waals surface area contributed by atoms with Crippen LogP contribution in [0.5, 0.6) is 0 Å². The topological polar surface area (TPSA) is 44.5 Å². The number of rotatable bonds is 4. The van der Waals surface area contributed by atoms with Crippen LogP contribution in [-0.2, 0) is 9.47 Å². The first-order valence-electron chi connectivity index (χ1n) is 6.08. The molecule has 2 unspecified atom stereocenters. The Kier molecular flexibility index (Phi) is 5.03. The van der Waals surface area contributed by atoms with Crippen LogP contribution in [0.1, 0.15) is 34.1 Å².